The number of ether oxygens (including phenoxy) is 1. The number of aliphatic hydroxyl groups is 2. The molecule has 1 fully saturated rings. The number of hydrogen-bond acceptors (Lipinski definition) is 3. The molecule has 0 aliphatic heterocycles. The molecule has 3 unspecified atom stereocenters. The van der Waals surface area contributed by atoms with Crippen molar-refractivity contribution in [1.29, 1.82) is 0 Å². The molecule has 1 aliphatic rings. The number of aliphatic hydroxyl groups excluding tert-OH is 2. The fraction of sp³-hybridized carbons (Fsp3) is 1.00. The molecule has 54 valence electrons. The lowest BCUT2D eigenvalue weighted by Gasteiger charge is -2.09. The van der Waals surface area contributed by atoms with E-state index in [-0.39, 0.29) is 12.2 Å². The second-order valence-corrected chi connectivity index (χ2v) is 2.47. The summed E-state index contributed by atoms with van der Waals surface area (Å²) in [6, 6.07) is 0. The van der Waals surface area contributed by atoms with Gasteiger partial charge in [-0.2, -0.15) is 0 Å². The first-order valence-corrected chi connectivity index (χ1v) is 3.13. The molecule has 9 heavy (non-hydrogen) atoms. The maximum atomic E-state index is 9.07. The van der Waals surface area contributed by atoms with Crippen molar-refractivity contribution in [3.05, 3.63) is 0 Å². The van der Waals surface area contributed by atoms with Gasteiger partial charge in [0.2, 0.25) is 0 Å². The van der Waals surface area contributed by atoms with Crippen LogP contribution in [0.2, 0.25) is 0 Å². The Balaban J connectivity index is 2.38. The Hall–Kier alpha value is -0.120. The predicted molar refractivity (Wildman–Crippen MR) is 32.0 cm³/mol. The number of rotatable bonds is 1. The molecular formula is C6H12O3. The van der Waals surface area contributed by atoms with Gasteiger partial charge in [0, 0.05) is 20.0 Å². The van der Waals surface area contributed by atoms with E-state index in [1.807, 2.05) is 0 Å². The van der Waals surface area contributed by atoms with Crippen molar-refractivity contribution < 1.29 is 14.9 Å². The second kappa shape index (κ2) is 2.64. The molecule has 0 radical (unpaired) electrons. The lowest BCUT2D eigenvalue weighted by Crippen LogP contribution is -2.20. The number of hydrogen-bond donors (Lipinski definition) is 2. The van der Waals surface area contributed by atoms with E-state index in [0.29, 0.717) is 12.8 Å². The highest BCUT2D eigenvalue weighted by molar-refractivity contribution is 4.83. The minimum atomic E-state index is -0.468. The van der Waals surface area contributed by atoms with Crippen LogP contribution in [0, 0.1) is 0 Å². The van der Waals surface area contributed by atoms with Crippen LogP contribution in [-0.4, -0.2) is 35.6 Å². The topological polar surface area (TPSA) is 49.7 Å². The van der Waals surface area contributed by atoms with E-state index in [9.17, 15) is 0 Å². The van der Waals surface area contributed by atoms with Gasteiger partial charge in [-0.1, -0.05) is 0 Å². The van der Waals surface area contributed by atoms with Gasteiger partial charge in [0.25, 0.3) is 0 Å². The van der Waals surface area contributed by atoms with Crippen molar-refractivity contribution in [2.75, 3.05) is 7.11 Å². The third kappa shape index (κ3) is 1.41. The van der Waals surface area contributed by atoms with E-state index in [4.69, 9.17) is 14.9 Å². The van der Waals surface area contributed by atoms with Gasteiger partial charge in [-0.15, -0.1) is 0 Å². The van der Waals surface area contributed by atoms with E-state index < -0.39 is 6.10 Å². The van der Waals surface area contributed by atoms with Gasteiger partial charge in [-0.3, -0.25) is 0 Å². The molecule has 0 heterocycles. The monoisotopic (exact) mass is 132 g/mol. The number of methoxy groups -OCH3 is 1. The standard InChI is InChI=1S/C6H12O3/c1-9-6-3-4(7)2-5(6)8/h4-8H,2-3H2,1H3. The van der Waals surface area contributed by atoms with Crippen molar-refractivity contribution in [3.63, 3.8) is 0 Å². The van der Waals surface area contributed by atoms with Crippen molar-refractivity contribution in [3.8, 4) is 0 Å². The summed E-state index contributed by atoms with van der Waals surface area (Å²) in [5.74, 6) is 0. The quantitative estimate of drug-likeness (QED) is 0.506. The summed E-state index contributed by atoms with van der Waals surface area (Å²) in [6.45, 7) is 0. The Labute approximate surface area is 54.3 Å². The average molecular weight is 132 g/mol. The lowest BCUT2D eigenvalue weighted by molar-refractivity contribution is 0.00958. The zero-order chi connectivity index (χ0) is 6.85. The minimum Gasteiger partial charge on any atom is -0.393 e. The zero-order valence-electron chi connectivity index (χ0n) is 5.45. The van der Waals surface area contributed by atoms with E-state index >= 15 is 0 Å². The summed E-state index contributed by atoms with van der Waals surface area (Å²) in [6.07, 6.45) is 0.0332. The predicted octanol–water partition coefficient (Wildman–Crippen LogP) is -0.483. The highest BCUT2D eigenvalue weighted by Crippen LogP contribution is 2.21. The van der Waals surface area contributed by atoms with Gasteiger partial charge in [0.05, 0.1) is 18.3 Å². The minimum absolute atomic E-state index is 0.153. The summed E-state index contributed by atoms with van der Waals surface area (Å²) < 4.78 is 4.88. The molecular weight excluding hydrogens is 120 g/mol. The fourth-order valence-corrected chi connectivity index (χ4v) is 1.21. The van der Waals surface area contributed by atoms with Gasteiger partial charge in [0.15, 0.2) is 0 Å². The van der Waals surface area contributed by atoms with Crippen LogP contribution in [0.1, 0.15) is 12.8 Å². The van der Waals surface area contributed by atoms with Gasteiger partial charge in [-0.25, -0.2) is 0 Å². The largest absolute Gasteiger partial charge is 0.393 e. The van der Waals surface area contributed by atoms with E-state index in [2.05, 4.69) is 0 Å². The maximum absolute atomic E-state index is 9.07. The Morgan fingerprint density at radius 1 is 1.33 bits per heavy atom. The molecule has 1 aliphatic carbocycles. The molecule has 2 N–H and O–H groups in total. The third-order valence-corrected chi connectivity index (χ3v) is 1.75. The smallest absolute Gasteiger partial charge is 0.0855 e. The molecule has 0 spiro atoms. The van der Waals surface area contributed by atoms with Crippen LogP contribution in [0.5, 0.6) is 0 Å². The Bertz CT molecular complexity index is 94.3. The van der Waals surface area contributed by atoms with Crippen molar-refractivity contribution in [2.45, 2.75) is 31.2 Å². The molecule has 0 amide bonds. The molecule has 0 saturated heterocycles. The molecule has 3 heteroatoms. The molecule has 0 aromatic heterocycles. The Kier molecular flexibility index (Phi) is 2.05. The summed E-state index contributed by atoms with van der Waals surface area (Å²) >= 11 is 0. The van der Waals surface area contributed by atoms with Crippen molar-refractivity contribution in [1.82, 2.24) is 0 Å². The maximum Gasteiger partial charge on any atom is 0.0855 e. The Morgan fingerprint density at radius 2 is 2.00 bits per heavy atom. The average Bonchev–Trinajstić information content (AvgIpc) is 2.10. The van der Waals surface area contributed by atoms with E-state index in [1.54, 1.807) is 7.11 Å². The van der Waals surface area contributed by atoms with Crippen LogP contribution in [0.4, 0.5) is 0 Å². The van der Waals surface area contributed by atoms with Crippen LogP contribution in [0.25, 0.3) is 0 Å². The first-order valence-electron chi connectivity index (χ1n) is 3.13. The van der Waals surface area contributed by atoms with Gasteiger partial charge in [0.1, 0.15) is 0 Å². The van der Waals surface area contributed by atoms with Crippen LogP contribution in [-0.2, 0) is 4.74 Å². The van der Waals surface area contributed by atoms with Crippen LogP contribution in [0.15, 0.2) is 0 Å². The van der Waals surface area contributed by atoms with Gasteiger partial charge in [-0.05, 0) is 0 Å². The molecule has 3 nitrogen and oxygen atoms in total. The SMILES string of the molecule is COC1CC(O)CC1O. The molecule has 0 aromatic carbocycles. The van der Waals surface area contributed by atoms with E-state index in [1.165, 1.54) is 0 Å². The molecule has 3 atom stereocenters. The zero-order valence-corrected chi connectivity index (χ0v) is 5.45. The second-order valence-electron chi connectivity index (χ2n) is 2.47. The van der Waals surface area contributed by atoms with Crippen LogP contribution < -0.4 is 0 Å². The summed E-state index contributed by atoms with van der Waals surface area (Å²) in [5, 5.41) is 18.0. The van der Waals surface area contributed by atoms with Gasteiger partial charge < -0.3 is 14.9 Å². The third-order valence-electron chi connectivity index (χ3n) is 1.75. The molecule has 0 bridgehead atoms. The highest BCUT2D eigenvalue weighted by atomic mass is 16.5. The van der Waals surface area contributed by atoms with Crippen molar-refractivity contribution in [2.24, 2.45) is 0 Å². The summed E-state index contributed by atoms with van der Waals surface area (Å²) in [7, 11) is 1.55. The summed E-state index contributed by atoms with van der Waals surface area (Å²) in [4.78, 5) is 0. The van der Waals surface area contributed by atoms with Gasteiger partial charge >= 0.3 is 0 Å². The fourth-order valence-electron chi connectivity index (χ4n) is 1.21. The highest BCUT2D eigenvalue weighted by Gasteiger charge is 2.31. The summed E-state index contributed by atoms with van der Waals surface area (Å²) in [5.41, 5.74) is 0. The lowest BCUT2D eigenvalue weighted by atomic mass is 10.3. The van der Waals surface area contributed by atoms with E-state index in [0.717, 1.165) is 0 Å². The normalized spacial score (nSPS) is 43.7. The molecule has 1 rings (SSSR count). The molecule has 1 saturated carbocycles. The van der Waals surface area contributed by atoms with Crippen LogP contribution in [0.3, 0.4) is 0 Å². The Morgan fingerprint density at radius 3 is 2.22 bits per heavy atom. The first-order chi connectivity index (χ1) is 4.24. The van der Waals surface area contributed by atoms with Crippen LogP contribution >= 0.6 is 0 Å². The molecule has 0 aromatic rings. The van der Waals surface area contributed by atoms with Crippen molar-refractivity contribution >= 4 is 0 Å². The first kappa shape index (κ1) is 6.99.